The smallest absolute Gasteiger partial charge is 0.124 e. The highest BCUT2D eigenvalue weighted by molar-refractivity contribution is 7.13. The Bertz CT molecular complexity index is 766. The van der Waals surface area contributed by atoms with Crippen LogP contribution in [-0.4, -0.2) is 21.8 Å². The minimum Gasteiger partial charge on any atom is -0.289 e. The van der Waals surface area contributed by atoms with Crippen molar-refractivity contribution in [3.05, 3.63) is 58.8 Å². The van der Waals surface area contributed by atoms with E-state index in [0.29, 0.717) is 12.1 Å². The summed E-state index contributed by atoms with van der Waals surface area (Å²) in [4.78, 5) is 4.63. The third-order valence-electron chi connectivity index (χ3n) is 3.33. The molecule has 0 bridgehead atoms. The van der Waals surface area contributed by atoms with Crippen LogP contribution in [-0.2, 0) is 0 Å². The van der Waals surface area contributed by atoms with Gasteiger partial charge in [0.1, 0.15) is 5.01 Å². The lowest BCUT2D eigenvalue weighted by molar-refractivity contribution is -0.0297. The second-order valence-electron chi connectivity index (χ2n) is 4.78. The highest BCUT2D eigenvalue weighted by Crippen LogP contribution is 2.31. The molecule has 4 nitrogen and oxygen atoms in total. The molecule has 2 heterocycles. The van der Waals surface area contributed by atoms with Crippen LogP contribution in [0.2, 0.25) is 0 Å². The number of aromatic nitrogens is 1. The zero-order valence-electron chi connectivity index (χ0n) is 11.4. The fourth-order valence-electron chi connectivity index (χ4n) is 2.13. The molecule has 0 radical (unpaired) electrons. The molecule has 5 heteroatoms. The first-order chi connectivity index (χ1) is 10.2. The molecule has 104 valence electrons. The number of nitrogens with zero attached hydrogens (tertiary/aromatic N) is 3. The van der Waals surface area contributed by atoms with Crippen LogP contribution in [0.15, 0.2) is 47.5 Å². The largest absolute Gasteiger partial charge is 0.289 e. The predicted molar refractivity (Wildman–Crippen MR) is 82.5 cm³/mol. The standard InChI is InChI=1S/C16H13N3OS/c1-11-6-7-19(20)9-14(11)15-10-21-16(18-15)13-4-2-12(8-17)3-5-13/h2-6,9-10,20H,7H2,1H3. The molecule has 0 saturated carbocycles. The summed E-state index contributed by atoms with van der Waals surface area (Å²) in [6.45, 7) is 2.52. The summed E-state index contributed by atoms with van der Waals surface area (Å²) in [6.07, 6.45) is 3.67. The van der Waals surface area contributed by atoms with Crippen molar-refractivity contribution in [3.8, 4) is 16.6 Å². The SMILES string of the molecule is CC1=CCN(O)C=C1c1csc(-c2ccc(C#N)cc2)n1. The molecule has 0 spiro atoms. The number of nitriles is 1. The fraction of sp³-hybridized carbons (Fsp3) is 0.125. The summed E-state index contributed by atoms with van der Waals surface area (Å²) in [5, 5.41) is 22.5. The number of hydrogen-bond donors (Lipinski definition) is 1. The zero-order valence-corrected chi connectivity index (χ0v) is 12.3. The maximum absolute atomic E-state index is 9.60. The van der Waals surface area contributed by atoms with Gasteiger partial charge in [0.25, 0.3) is 0 Å². The fourth-order valence-corrected chi connectivity index (χ4v) is 2.96. The lowest BCUT2D eigenvalue weighted by Gasteiger charge is -2.18. The van der Waals surface area contributed by atoms with E-state index in [2.05, 4.69) is 11.1 Å². The summed E-state index contributed by atoms with van der Waals surface area (Å²) in [6, 6.07) is 9.48. The van der Waals surface area contributed by atoms with E-state index in [1.165, 1.54) is 0 Å². The van der Waals surface area contributed by atoms with Crippen LogP contribution in [0, 0.1) is 11.3 Å². The van der Waals surface area contributed by atoms with E-state index in [0.717, 1.165) is 32.5 Å². The molecule has 1 N–H and O–H groups in total. The van der Waals surface area contributed by atoms with Crippen LogP contribution >= 0.6 is 11.3 Å². The van der Waals surface area contributed by atoms with Crippen LogP contribution in [0.5, 0.6) is 0 Å². The third-order valence-corrected chi connectivity index (χ3v) is 4.22. The van der Waals surface area contributed by atoms with Gasteiger partial charge in [-0.3, -0.25) is 10.3 Å². The van der Waals surface area contributed by atoms with Crippen molar-refractivity contribution < 1.29 is 5.21 Å². The number of hydrogen-bond acceptors (Lipinski definition) is 5. The second kappa shape index (κ2) is 5.52. The molecule has 2 aromatic rings. The van der Waals surface area contributed by atoms with Crippen LogP contribution in [0.3, 0.4) is 0 Å². The molecule has 0 atom stereocenters. The van der Waals surface area contributed by atoms with Crippen molar-refractivity contribution in [1.82, 2.24) is 10.0 Å². The number of rotatable bonds is 2. The van der Waals surface area contributed by atoms with Gasteiger partial charge in [0.15, 0.2) is 0 Å². The Morgan fingerprint density at radius 3 is 2.81 bits per heavy atom. The number of thiazole rings is 1. The summed E-state index contributed by atoms with van der Waals surface area (Å²) < 4.78 is 0. The molecule has 0 saturated heterocycles. The molecular weight excluding hydrogens is 282 g/mol. The molecule has 1 aliphatic heterocycles. The summed E-state index contributed by atoms with van der Waals surface area (Å²) in [5.74, 6) is 0. The Morgan fingerprint density at radius 1 is 1.33 bits per heavy atom. The maximum atomic E-state index is 9.60. The molecular formula is C16H13N3OS. The van der Waals surface area contributed by atoms with E-state index >= 15 is 0 Å². The number of allylic oxidation sites excluding steroid dienone is 2. The monoisotopic (exact) mass is 295 g/mol. The van der Waals surface area contributed by atoms with Crippen molar-refractivity contribution in [3.63, 3.8) is 0 Å². The van der Waals surface area contributed by atoms with E-state index in [4.69, 9.17) is 5.26 Å². The summed E-state index contributed by atoms with van der Waals surface area (Å²) in [7, 11) is 0. The van der Waals surface area contributed by atoms with Gasteiger partial charge >= 0.3 is 0 Å². The van der Waals surface area contributed by atoms with Gasteiger partial charge in [0.05, 0.1) is 23.9 Å². The van der Waals surface area contributed by atoms with Crippen molar-refractivity contribution >= 4 is 16.9 Å². The van der Waals surface area contributed by atoms with Gasteiger partial charge in [-0.15, -0.1) is 11.3 Å². The van der Waals surface area contributed by atoms with Crippen LogP contribution < -0.4 is 0 Å². The van der Waals surface area contributed by atoms with Gasteiger partial charge < -0.3 is 0 Å². The van der Waals surface area contributed by atoms with Gasteiger partial charge in [0.2, 0.25) is 0 Å². The molecule has 0 fully saturated rings. The number of hydroxylamine groups is 2. The Hall–Kier alpha value is -2.42. The van der Waals surface area contributed by atoms with Crippen molar-refractivity contribution in [2.75, 3.05) is 6.54 Å². The first-order valence-corrected chi connectivity index (χ1v) is 7.36. The van der Waals surface area contributed by atoms with Crippen molar-refractivity contribution in [1.29, 1.82) is 5.26 Å². The van der Waals surface area contributed by atoms with Gasteiger partial charge in [-0.05, 0) is 24.6 Å². The topological polar surface area (TPSA) is 60.1 Å². The number of benzene rings is 1. The lowest BCUT2D eigenvalue weighted by Crippen LogP contribution is -2.16. The van der Waals surface area contributed by atoms with E-state index in [9.17, 15) is 5.21 Å². The Morgan fingerprint density at radius 2 is 2.10 bits per heavy atom. The highest BCUT2D eigenvalue weighted by Gasteiger charge is 2.14. The molecule has 0 unspecified atom stereocenters. The molecule has 3 rings (SSSR count). The average molecular weight is 295 g/mol. The van der Waals surface area contributed by atoms with Crippen LogP contribution in [0.4, 0.5) is 0 Å². The molecule has 21 heavy (non-hydrogen) atoms. The first kappa shape index (κ1) is 13.6. The van der Waals surface area contributed by atoms with E-state index in [1.54, 1.807) is 29.7 Å². The molecule has 1 aliphatic rings. The summed E-state index contributed by atoms with van der Waals surface area (Å²) >= 11 is 1.55. The lowest BCUT2D eigenvalue weighted by atomic mass is 10.0. The van der Waals surface area contributed by atoms with E-state index < -0.39 is 0 Å². The molecule has 0 amide bonds. The maximum Gasteiger partial charge on any atom is 0.124 e. The van der Waals surface area contributed by atoms with Crippen LogP contribution in [0.1, 0.15) is 18.2 Å². The first-order valence-electron chi connectivity index (χ1n) is 6.48. The normalized spacial score (nSPS) is 14.4. The second-order valence-corrected chi connectivity index (χ2v) is 5.64. The van der Waals surface area contributed by atoms with Gasteiger partial charge in [-0.1, -0.05) is 18.2 Å². The molecule has 1 aromatic heterocycles. The predicted octanol–water partition coefficient (Wildman–Crippen LogP) is 3.67. The van der Waals surface area contributed by atoms with Gasteiger partial charge in [0, 0.05) is 22.7 Å². The third kappa shape index (κ3) is 2.72. The Kier molecular flexibility index (Phi) is 3.57. The Balaban J connectivity index is 1.93. The van der Waals surface area contributed by atoms with Crippen molar-refractivity contribution in [2.24, 2.45) is 0 Å². The summed E-state index contributed by atoms with van der Waals surface area (Å²) in [5.41, 5.74) is 4.52. The zero-order chi connectivity index (χ0) is 14.8. The van der Waals surface area contributed by atoms with Crippen LogP contribution in [0.25, 0.3) is 16.1 Å². The van der Waals surface area contributed by atoms with Gasteiger partial charge in [-0.25, -0.2) is 4.98 Å². The molecule has 0 aliphatic carbocycles. The van der Waals surface area contributed by atoms with Crippen molar-refractivity contribution in [2.45, 2.75) is 6.92 Å². The molecule has 1 aromatic carbocycles. The highest BCUT2D eigenvalue weighted by atomic mass is 32.1. The van der Waals surface area contributed by atoms with Gasteiger partial charge in [-0.2, -0.15) is 5.26 Å². The minimum absolute atomic E-state index is 0.502. The average Bonchev–Trinajstić information content (AvgIpc) is 2.99. The minimum atomic E-state index is 0.502. The quantitative estimate of drug-likeness (QED) is 0.918. The van der Waals surface area contributed by atoms with E-state index in [1.807, 2.05) is 30.5 Å². The van der Waals surface area contributed by atoms with E-state index in [-0.39, 0.29) is 0 Å². The Labute approximate surface area is 126 Å².